The molecule has 2 rings (SSSR count). The van der Waals surface area contributed by atoms with E-state index in [1.165, 1.54) is 12.1 Å². The fourth-order valence-electron chi connectivity index (χ4n) is 2.57. The Hall–Kier alpha value is -2.44. The molecule has 1 atom stereocenters. The zero-order chi connectivity index (χ0) is 17.5. The van der Waals surface area contributed by atoms with Crippen molar-refractivity contribution in [3.05, 3.63) is 69.8 Å². The average Bonchev–Trinajstić information content (AvgIpc) is 2.61. The Morgan fingerprint density at radius 1 is 1.17 bits per heavy atom. The third-order valence-electron chi connectivity index (χ3n) is 4.11. The highest BCUT2D eigenvalue weighted by Gasteiger charge is 2.16. The van der Waals surface area contributed by atoms with Crippen molar-refractivity contribution in [1.82, 2.24) is 4.90 Å². The average molecular weight is 330 g/mol. The summed E-state index contributed by atoms with van der Waals surface area (Å²) < 4.78 is 5.15. The Labute approximate surface area is 141 Å². The van der Waals surface area contributed by atoms with Gasteiger partial charge < -0.3 is 9.84 Å². The van der Waals surface area contributed by atoms with Crippen molar-refractivity contribution in [3.8, 4) is 5.75 Å². The van der Waals surface area contributed by atoms with Crippen LogP contribution in [0.5, 0.6) is 5.75 Å². The smallest absolute Gasteiger partial charge is 0.269 e. The second-order valence-corrected chi connectivity index (χ2v) is 5.63. The van der Waals surface area contributed by atoms with Gasteiger partial charge in [0.2, 0.25) is 0 Å². The number of nitro groups is 1. The standard InChI is InChI=1S/C18H22N2O4/c1-19(12-11-14-3-7-16(8-4-14)20(22)23)18(13-21)15-5-9-17(24-2)10-6-15/h3-10,18,21H,11-13H2,1-2H3/t18-/m0/s1. The molecule has 0 fully saturated rings. The fraction of sp³-hybridized carbons (Fsp3) is 0.333. The molecule has 0 spiro atoms. The molecule has 0 radical (unpaired) electrons. The van der Waals surface area contributed by atoms with Crippen LogP contribution in [0.2, 0.25) is 0 Å². The minimum atomic E-state index is -0.401. The predicted molar refractivity (Wildman–Crippen MR) is 92.3 cm³/mol. The SMILES string of the molecule is COc1ccc([C@H](CO)N(C)CCc2ccc([N+](=O)[O-])cc2)cc1. The molecule has 6 heteroatoms. The predicted octanol–water partition coefficient (Wildman–Crippen LogP) is 2.81. The van der Waals surface area contributed by atoms with E-state index < -0.39 is 4.92 Å². The van der Waals surface area contributed by atoms with E-state index in [-0.39, 0.29) is 18.3 Å². The van der Waals surface area contributed by atoms with E-state index in [1.807, 2.05) is 31.3 Å². The van der Waals surface area contributed by atoms with Crippen molar-refractivity contribution in [2.45, 2.75) is 12.5 Å². The van der Waals surface area contributed by atoms with E-state index in [4.69, 9.17) is 4.74 Å². The van der Waals surface area contributed by atoms with Crippen LogP contribution in [-0.4, -0.2) is 42.2 Å². The molecule has 6 nitrogen and oxygen atoms in total. The van der Waals surface area contributed by atoms with Gasteiger partial charge in [-0.15, -0.1) is 0 Å². The van der Waals surface area contributed by atoms with Gasteiger partial charge in [-0.1, -0.05) is 24.3 Å². The molecule has 128 valence electrons. The summed E-state index contributed by atoms with van der Waals surface area (Å²) in [6, 6.07) is 14.1. The number of aliphatic hydroxyl groups is 1. The summed E-state index contributed by atoms with van der Waals surface area (Å²) in [6.45, 7) is 0.748. The van der Waals surface area contributed by atoms with E-state index in [2.05, 4.69) is 4.90 Å². The lowest BCUT2D eigenvalue weighted by atomic mass is 10.1. The highest BCUT2D eigenvalue weighted by atomic mass is 16.6. The quantitative estimate of drug-likeness (QED) is 0.595. The van der Waals surface area contributed by atoms with Crippen LogP contribution in [0.4, 0.5) is 5.69 Å². The molecular weight excluding hydrogens is 308 g/mol. The second-order valence-electron chi connectivity index (χ2n) is 5.63. The molecule has 0 unspecified atom stereocenters. The summed E-state index contributed by atoms with van der Waals surface area (Å²) in [5.74, 6) is 0.781. The Balaban J connectivity index is 1.98. The number of hydrogen-bond acceptors (Lipinski definition) is 5. The number of benzene rings is 2. The first-order valence-electron chi connectivity index (χ1n) is 7.73. The molecule has 0 bridgehead atoms. The van der Waals surface area contributed by atoms with Gasteiger partial charge in [0.1, 0.15) is 5.75 Å². The van der Waals surface area contributed by atoms with Crippen molar-refractivity contribution >= 4 is 5.69 Å². The molecule has 0 aliphatic rings. The van der Waals surface area contributed by atoms with Crippen LogP contribution in [0.3, 0.4) is 0 Å². The maximum Gasteiger partial charge on any atom is 0.269 e. The number of nitro benzene ring substituents is 1. The Bertz CT molecular complexity index is 656. The van der Waals surface area contributed by atoms with Crippen LogP contribution in [0.1, 0.15) is 17.2 Å². The first-order valence-corrected chi connectivity index (χ1v) is 7.73. The Morgan fingerprint density at radius 2 is 1.79 bits per heavy atom. The molecule has 0 heterocycles. The molecule has 2 aromatic rings. The van der Waals surface area contributed by atoms with Crippen LogP contribution in [0.15, 0.2) is 48.5 Å². The molecule has 2 aromatic carbocycles. The van der Waals surface area contributed by atoms with Gasteiger partial charge in [0, 0.05) is 18.7 Å². The summed E-state index contributed by atoms with van der Waals surface area (Å²) in [4.78, 5) is 12.3. The molecule has 0 aliphatic carbocycles. The molecular formula is C18H22N2O4. The molecule has 0 saturated heterocycles. The van der Waals surface area contributed by atoms with Crippen molar-refractivity contribution < 1.29 is 14.8 Å². The van der Waals surface area contributed by atoms with E-state index in [9.17, 15) is 15.2 Å². The number of ether oxygens (including phenoxy) is 1. The summed E-state index contributed by atoms with van der Waals surface area (Å²) in [5.41, 5.74) is 2.14. The van der Waals surface area contributed by atoms with Gasteiger partial charge in [0.05, 0.1) is 24.7 Å². The van der Waals surface area contributed by atoms with Crippen molar-refractivity contribution in [3.63, 3.8) is 0 Å². The minimum absolute atomic E-state index is 0.0170. The Morgan fingerprint density at radius 3 is 2.29 bits per heavy atom. The zero-order valence-corrected chi connectivity index (χ0v) is 13.9. The zero-order valence-electron chi connectivity index (χ0n) is 13.9. The van der Waals surface area contributed by atoms with E-state index in [1.54, 1.807) is 19.2 Å². The monoisotopic (exact) mass is 330 g/mol. The van der Waals surface area contributed by atoms with Gasteiger partial charge in [0.25, 0.3) is 5.69 Å². The van der Waals surface area contributed by atoms with Crippen LogP contribution < -0.4 is 4.74 Å². The van der Waals surface area contributed by atoms with E-state index in [0.717, 1.165) is 29.8 Å². The lowest BCUT2D eigenvalue weighted by Crippen LogP contribution is -2.29. The van der Waals surface area contributed by atoms with E-state index >= 15 is 0 Å². The normalized spacial score (nSPS) is 12.2. The van der Waals surface area contributed by atoms with E-state index in [0.29, 0.717) is 0 Å². The lowest BCUT2D eigenvalue weighted by molar-refractivity contribution is -0.384. The number of likely N-dealkylation sites (N-methyl/N-ethyl adjacent to an activating group) is 1. The highest BCUT2D eigenvalue weighted by molar-refractivity contribution is 5.33. The summed E-state index contributed by atoms with van der Waals surface area (Å²) in [6.07, 6.45) is 0.751. The third-order valence-corrected chi connectivity index (χ3v) is 4.11. The van der Waals surface area contributed by atoms with Gasteiger partial charge in [-0.05, 0) is 36.7 Å². The first kappa shape index (κ1) is 17.9. The maximum absolute atomic E-state index is 10.7. The van der Waals surface area contributed by atoms with Gasteiger partial charge in [-0.25, -0.2) is 0 Å². The second kappa shape index (κ2) is 8.42. The summed E-state index contributed by atoms with van der Waals surface area (Å²) >= 11 is 0. The number of nitrogens with zero attached hydrogens (tertiary/aromatic N) is 2. The fourth-order valence-corrected chi connectivity index (χ4v) is 2.57. The van der Waals surface area contributed by atoms with Gasteiger partial charge in [0.15, 0.2) is 0 Å². The van der Waals surface area contributed by atoms with Crippen molar-refractivity contribution in [1.29, 1.82) is 0 Å². The molecule has 0 amide bonds. The Kier molecular flexibility index (Phi) is 6.28. The van der Waals surface area contributed by atoms with Gasteiger partial charge >= 0.3 is 0 Å². The third kappa shape index (κ3) is 4.53. The number of aliphatic hydroxyl groups excluding tert-OH is 1. The maximum atomic E-state index is 10.7. The molecule has 24 heavy (non-hydrogen) atoms. The summed E-state index contributed by atoms with van der Waals surface area (Å²) in [5, 5.41) is 20.4. The molecule has 0 saturated carbocycles. The van der Waals surface area contributed by atoms with Crippen molar-refractivity contribution in [2.75, 3.05) is 27.3 Å². The largest absolute Gasteiger partial charge is 0.497 e. The van der Waals surface area contributed by atoms with Gasteiger partial charge in [-0.2, -0.15) is 0 Å². The minimum Gasteiger partial charge on any atom is -0.497 e. The van der Waals surface area contributed by atoms with Crippen LogP contribution in [0, 0.1) is 10.1 Å². The van der Waals surface area contributed by atoms with Crippen LogP contribution in [0.25, 0.3) is 0 Å². The molecule has 0 aliphatic heterocycles. The van der Waals surface area contributed by atoms with Gasteiger partial charge in [-0.3, -0.25) is 15.0 Å². The molecule has 1 N–H and O–H groups in total. The number of rotatable bonds is 8. The van der Waals surface area contributed by atoms with Crippen LogP contribution in [-0.2, 0) is 6.42 Å². The summed E-state index contributed by atoms with van der Waals surface area (Å²) in [7, 11) is 3.57. The first-order chi connectivity index (χ1) is 11.5. The number of methoxy groups -OCH3 is 1. The van der Waals surface area contributed by atoms with Crippen molar-refractivity contribution in [2.24, 2.45) is 0 Å². The number of non-ortho nitro benzene ring substituents is 1. The lowest BCUT2D eigenvalue weighted by Gasteiger charge is -2.27. The van der Waals surface area contributed by atoms with Crippen LogP contribution >= 0.6 is 0 Å². The highest BCUT2D eigenvalue weighted by Crippen LogP contribution is 2.22. The topological polar surface area (TPSA) is 75.8 Å². The molecule has 0 aromatic heterocycles. The number of hydrogen-bond donors (Lipinski definition) is 1.